The summed E-state index contributed by atoms with van der Waals surface area (Å²) in [5.41, 5.74) is -2.24. The third-order valence-corrected chi connectivity index (χ3v) is 2.42. The second-order valence-corrected chi connectivity index (χ2v) is 4.52. The van der Waals surface area contributed by atoms with Crippen LogP contribution in [0.25, 0.3) is 0 Å². The largest absolute Gasteiger partial charge is 0.481 e. The molecule has 0 atom stereocenters. The van der Waals surface area contributed by atoms with Crippen LogP contribution in [-0.2, 0) is 23.4 Å². The van der Waals surface area contributed by atoms with Gasteiger partial charge in [-0.3, -0.25) is 9.48 Å². The predicted molar refractivity (Wildman–Crippen MR) is 53.5 cm³/mol. The number of nitrogens with zero attached hydrogens (tertiary/aromatic N) is 2. The topological polar surface area (TPSA) is 55.1 Å². The van der Waals surface area contributed by atoms with Crippen molar-refractivity contribution >= 4 is 5.97 Å². The average molecular weight is 250 g/mol. The minimum Gasteiger partial charge on any atom is -0.481 e. The van der Waals surface area contributed by atoms with Crippen molar-refractivity contribution in [1.29, 1.82) is 0 Å². The van der Waals surface area contributed by atoms with Gasteiger partial charge in [0, 0.05) is 24.2 Å². The lowest BCUT2D eigenvalue weighted by Gasteiger charge is -2.22. The monoisotopic (exact) mass is 250 g/mol. The quantitative estimate of drug-likeness (QED) is 0.894. The van der Waals surface area contributed by atoms with Gasteiger partial charge in [-0.2, -0.15) is 18.3 Å². The van der Waals surface area contributed by atoms with Crippen LogP contribution in [0.5, 0.6) is 0 Å². The molecular weight excluding hydrogens is 237 g/mol. The summed E-state index contributed by atoms with van der Waals surface area (Å²) in [6.45, 7) is 2.90. The third-order valence-electron chi connectivity index (χ3n) is 2.42. The molecule has 0 saturated carbocycles. The SMILES string of the molecule is Cn1cc(C(C)(C)CC(=O)O)c(C(F)(F)F)n1. The highest BCUT2D eigenvalue weighted by atomic mass is 19.4. The fourth-order valence-electron chi connectivity index (χ4n) is 1.67. The van der Waals surface area contributed by atoms with Crippen LogP contribution < -0.4 is 0 Å². The molecule has 0 unspecified atom stereocenters. The van der Waals surface area contributed by atoms with Gasteiger partial charge in [-0.1, -0.05) is 13.8 Å². The number of aromatic nitrogens is 2. The van der Waals surface area contributed by atoms with Gasteiger partial charge in [0.1, 0.15) is 0 Å². The molecule has 0 saturated heterocycles. The first-order valence-electron chi connectivity index (χ1n) is 4.87. The van der Waals surface area contributed by atoms with Crippen LogP contribution in [-0.4, -0.2) is 20.9 Å². The normalized spacial score (nSPS) is 12.8. The molecule has 1 aromatic rings. The van der Waals surface area contributed by atoms with Crippen LogP contribution in [0, 0.1) is 0 Å². The first-order valence-corrected chi connectivity index (χ1v) is 4.87. The van der Waals surface area contributed by atoms with Gasteiger partial charge in [-0.05, 0) is 0 Å². The molecule has 0 radical (unpaired) electrons. The van der Waals surface area contributed by atoms with Gasteiger partial charge in [-0.15, -0.1) is 0 Å². The Morgan fingerprint density at radius 1 is 1.47 bits per heavy atom. The second kappa shape index (κ2) is 4.05. The van der Waals surface area contributed by atoms with Crippen molar-refractivity contribution in [1.82, 2.24) is 9.78 Å². The molecule has 0 amide bonds. The van der Waals surface area contributed by atoms with Gasteiger partial charge in [0.15, 0.2) is 5.69 Å². The molecule has 0 aliphatic heterocycles. The Labute approximate surface area is 96.0 Å². The summed E-state index contributed by atoms with van der Waals surface area (Å²) in [5.74, 6) is -1.15. The minimum absolute atomic E-state index is 0.102. The van der Waals surface area contributed by atoms with Gasteiger partial charge < -0.3 is 5.11 Å². The summed E-state index contributed by atoms with van der Waals surface area (Å²) in [5, 5.41) is 12.1. The number of aliphatic carboxylic acids is 1. The van der Waals surface area contributed by atoms with E-state index in [1.165, 1.54) is 27.1 Å². The molecule has 0 aliphatic rings. The third kappa shape index (κ3) is 2.98. The number of carboxylic acids is 1. The van der Waals surface area contributed by atoms with Gasteiger partial charge in [-0.25, -0.2) is 0 Å². The molecular formula is C10H13F3N2O2. The maximum absolute atomic E-state index is 12.7. The Bertz CT molecular complexity index is 435. The fourth-order valence-corrected chi connectivity index (χ4v) is 1.67. The summed E-state index contributed by atoms with van der Waals surface area (Å²) < 4.78 is 39.2. The number of halogens is 3. The molecule has 4 nitrogen and oxygen atoms in total. The number of rotatable bonds is 3. The van der Waals surface area contributed by atoms with E-state index in [0.29, 0.717) is 0 Å². The number of hydrogen-bond donors (Lipinski definition) is 1. The van der Waals surface area contributed by atoms with Gasteiger partial charge in [0.2, 0.25) is 0 Å². The van der Waals surface area contributed by atoms with Crippen molar-refractivity contribution in [2.75, 3.05) is 0 Å². The van der Waals surface area contributed by atoms with E-state index >= 15 is 0 Å². The highest BCUT2D eigenvalue weighted by Gasteiger charge is 2.41. The zero-order valence-electron chi connectivity index (χ0n) is 9.67. The summed E-state index contributed by atoms with van der Waals surface area (Å²) in [6, 6.07) is 0. The van der Waals surface area contributed by atoms with Gasteiger partial charge in [0.25, 0.3) is 0 Å². The van der Waals surface area contributed by atoms with Crippen molar-refractivity contribution in [2.24, 2.45) is 7.05 Å². The highest BCUT2D eigenvalue weighted by molar-refractivity contribution is 5.69. The van der Waals surface area contributed by atoms with Crippen molar-refractivity contribution in [3.63, 3.8) is 0 Å². The van der Waals surface area contributed by atoms with E-state index in [-0.39, 0.29) is 12.0 Å². The van der Waals surface area contributed by atoms with Crippen molar-refractivity contribution in [2.45, 2.75) is 31.9 Å². The van der Waals surface area contributed by atoms with E-state index in [1.807, 2.05) is 0 Å². The Balaban J connectivity index is 3.26. The predicted octanol–water partition coefficient (Wildman–Crippen LogP) is 2.19. The Kier molecular flexibility index (Phi) is 3.22. The highest BCUT2D eigenvalue weighted by Crippen LogP contribution is 2.37. The number of aryl methyl sites for hydroxylation is 1. The van der Waals surface area contributed by atoms with Crippen LogP contribution in [0.1, 0.15) is 31.5 Å². The summed E-state index contributed by atoms with van der Waals surface area (Å²) in [4.78, 5) is 10.6. The van der Waals surface area contributed by atoms with Crippen LogP contribution in [0.4, 0.5) is 13.2 Å². The number of carbonyl (C=O) groups is 1. The van der Waals surface area contributed by atoms with Crippen LogP contribution >= 0.6 is 0 Å². The molecule has 1 rings (SSSR count). The molecule has 17 heavy (non-hydrogen) atoms. The van der Waals surface area contributed by atoms with Crippen LogP contribution in [0.15, 0.2) is 6.20 Å². The molecule has 0 aliphatic carbocycles. The lowest BCUT2D eigenvalue weighted by Crippen LogP contribution is -2.25. The number of carboxylic acid groups (broad SMARTS) is 1. The van der Waals surface area contributed by atoms with E-state index in [0.717, 1.165) is 4.68 Å². The average Bonchev–Trinajstić information content (AvgIpc) is 2.44. The Morgan fingerprint density at radius 2 is 2.00 bits per heavy atom. The Hall–Kier alpha value is -1.53. The zero-order chi connectivity index (χ0) is 13.4. The van der Waals surface area contributed by atoms with Crippen LogP contribution in [0.3, 0.4) is 0 Å². The van der Waals surface area contributed by atoms with E-state index in [2.05, 4.69) is 5.10 Å². The number of hydrogen-bond acceptors (Lipinski definition) is 2. The Morgan fingerprint density at radius 3 is 2.41 bits per heavy atom. The lowest BCUT2D eigenvalue weighted by molar-refractivity contribution is -0.144. The maximum Gasteiger partial charge on any atom is 0.435 e. The zero-order valence-corrected chi connectivity index (χ0v) is 9.67. The molecule has 1 aromatic heterocycles. The standard InChI is InChI=1S/C10H13F3N2O2/c1-9(2,4-7(16)17)6-5-15(3)14-8(6)10(11,12)13/h5H,4H2,1-3H3,(H,16,17). The van der Waals surface area contributed by atoms with Crippen molar-refractivity contribution < 1.29 is 23.1 Å². The smallest absolute Gasteiger partial charge is 0.435 e. The summed E-state index contributed by atoms with van der Waals surface area (Å²) in [6.07, 6.45) is -3.75. The van der Waals surface area contributed by atoms with Crippen LogP contribution in [0.2, 0.25) is 0 Å². The molecule has 0 aromatic carbocycles. The first kappa shape index (κ1) is 13.5. The molecule has 96 valence electrons. The summed E-state index contributed by atoms with van der Waals surface area (Å²) >= 11 is 0. The second-order valence-electron chi connectivity index (χ2n) is 4.52. The fraction of sp³-hybridized carbons (Fsp3) is 0.600. The molecule has 0 spiro atoms. The van der Waals surface area contributed by atoms with Crippen molar-refractivity contribution in [3.8, 4) is 0 Å². The summed E-state index contributed by atoms with van der Waals surface area (Å²) in [7, 11) is 1.37. The van der Waals surface area contributed by atoms with Crippen molar-refractivity contribution in [3.05, 3.63) is 17.5 Å². The van der Waals surface area contributed by atoms with E-state index in [9.17, 15) is 18.0 Å². The maximum atomic E-state index is 12.7. The van der Waals surface area contributed by atoms with E-state index in [4.69, 9.17) is 5.11 Å². The van der Waals surface area contributed by atoms with Gasteiger partial charge in [0.05, 0.1) is 6.42 Å². The molecule has 0 fully saturated rings. The van der Waals surface area contributed by atoms with E-state index < -0.39 is 23.3 Å². The molecule has 0 bridgehead atoms. The first-order chi connectivity index (χ1) is 7.54. The lowest BCUT2D eigenvalue weighted by atomic mass is 9.81. The van der Waals surface area contributed by atoms with E-state index in [1.54, 1.807) is 0 Å². The minimum atomic E-state index is -4.58. The molecule has 7 heteroatoms. The van der Waals surface area contributed by atoms with Gasteiger partial charge >= 0.3 is 12.1 Å². The number of alkyl halides is 3. The molecule has 1 N–H and O–H groups in total. The molecule has 1 heterocycles.